The molecule has 0 aromatic heterocycles. The lowest BCUT2D eigenvalue weighted by Gasteiger charge is -2.21. The van der Waals surface area contributed by atoms with Gasteiger partial charge >= 0.3 is 6.18 Å². The van der Waals surface area contributed by atoms with Gasteiger partial charge in [-0.2, -0.15) is 13.2 Å². The van der Waals surface area contributed by atoms with E-state index in [0.717, 1.165) is 12.1 Å². The SMILES string of the molecule is CC(C)OC1=CCC(S(=O)(=O)Nc2ccc(C(F)(F)F)cc2C(=O)c2ccccc2)C=C1. The maximum atomic E-state index is 13.2. The molecule has 1 aliphatic carbocycles. The second-order valence-electron chi connectivity index (χ2n) is 7.51. The third kappa shape index (κ3) is 5.59. The zero-order valence-corrected chi connectivity index (χ0v) is 18.2. The smallest absolute Gasteiger partial charge is 0.416 e. The molecule has 0 aliphatic heterocycles. The number of carbonyl (C=O) groups excluding carboxylic acids is 1. The van der Waals surface area contributed by atoms with E-state index in [1.165, 1.54) is 24.3 Å². The molecule has 170 valence electrons. The van der Waals surface area contributed by atoms with Crippen molar-refractivity contribution in [2.75, 3.05) is 4.72 Å². The van der Waals surface area contributed by atoms with Gasteiger partial charge in [0, 0.05) is 11.1 Å². The molecule has 1 aliphatic rings. The molecule has 0 radical (unpaired) electrons. The fraction of sp³-hybridized carbons (Fsp3) is 0.261. The predicted molar refractivity (Wildman–Crippen MR) is 116 cm³/mol. The molecular weight excluding hydrogens is 443 g/mol. The average molecular weight is 465 g/mol. The summed E-state index contributed by atoms with van der Waals surface area (Å²) in [5, 5.41) is -0.969. The van der Waals surface area contributed by atoms with Crippen molar-refractivity contribution in [3.8, 4) is 0 Å². The lowest BCUT2D eigenvalue weighted by atomic mass is 9.99. The molecule has 5 nitrogen and oxygen atoms in total. The summed E-state index contributed by atoms with van der Waals surface area (Å²) >= 11 is 0. The van der Waals surface area contributed by atoms with Crippen LogP contribution in [0.1, 0.15) is 41.8 Å². The van der Waals surface area contributed by atoms with Crippen LogP contribution in [0.3, 0.4) is 0 Å². The van der Waals surface area contributed by atoms with Gasteiger partial charge in [0.15, 0.2) is 5.78 Å². The van der Waals surface area contributed by atoms with Gasteiger partial charge in [-0.15, -0.1) is 0 Å². The normalized spacial score (nSPS) is 16.6. The number of anilines is 1. The minimum absolute atomic E-state index is 0.0733. The Hall–Kier alpha value is -3.07. The van der Waals surface area contributed by atoms with Gasteiger partial charge in [0.25, 0.3) is 0 Å². The van der Waals surface area contributed by atoms with Crippen molar-refractivity contribution in [1.29, 1.82) is 0 Å². The standard InChI is InChI=1S/C23H22F3NO4S/c1-15(2)31-18-9-11-19(12-10-18)32(29,30)27-21-13-8-17(23(24,25)26)14-20(21)22(28)16-6-4-3-5-7-16/h3-11,13-15,19,27H,12H2,1-2H3. The molecule has 0 bridgehead atoms. The average Bonchev–Trinajstić information content (AvgIpc) is 2.73. The number of ketones is 1. The molecule has 0 saturated carbocycles. The molecule has 9 heteroatoms. The van der Waals surface area contributed by atoms with Crippen molar-refractivity contribution in [2.24, 2.45) is 0 Å². The molecule has 1 unspecified atom stereocenters. The van der Waals surface area contributed by atoms with E-state index in [1.54, 1.807) is 24.3 Å². The first kappa shape index (κ1) is 23.6. The van der Waals surface area contributed by atoms with Gasteiger partial charge in [0.1, 0.15) is 11.0 Å². The third-order valence-corrected chi connectivity index (χ3v) is 6.33. The van der Waals surface area contributed by atoms with Crippen molar-refractivity contribution in [3.05, 3.63) is 89.2 Å². The van der Waals surface area contributed by atoms with Crippen molar-refractivity contribution >= 4 is 21.5 Å². The van der Waals surface area contributed by atoms with Crippen LogP contribution < -0.4 is 4.72 Å². The summed E-state index contributed by atoms with van der Waals surface area (Å²) in [6.07, 6.45) is -0.0226. The lowest BCUT2D eigenvalue weighted by molar-refractivity contribution is -0.137. The van der Waals surface area contributed by atoms with Crippen LogP contribution in [-0.2, 0) is 20.9 Å². The summed E-state index contributed by atoms with van der Waals surface area (Å²) in [6, 6.07) is 10.1. The number of alkyl halides is 3. The fourth-order valence-corrected chi connectivity index (χ4v) is 4.41. The monoisotopic (exact) mass is 465 g/mol. The number of hydrogen-bond acceptors (Lipinski definition) is 4. The minimum atomic E-state index is -4.69. The topological polar surface area (TPSA) is 72.5 Å². The van der Waals surface area contributed by atoms with Gasteiger partial charge in [0.05, 0.1) is 17.4 Å². The second kappa shape index (κ2) is 9.20. The van der Waals surface area contributed by atoms with Crippen LogP contribution in [-0.4, -0.2) is 25.6 Å². The number of rotatable bonds is 7. The summed E-state index contributed by atoms with van der Waals surface area (Å²) in [5.41, 5.74) is -1.50. The first-order chi connectivity index (χ1) is 15.0. The van der Waals surface area contributed by atoms with E-state index in [0.29, 0.717) is 11.8 Å². The second-order valence-corrected chi connectivity index (χ2v) is 9.41. The van der Waals surface area contributed by atoms with E-state index < -0.39 is 32.8 Å². The molecule has 3 rings (SSSR count). The molecule has 0 spiro atoms. The van der Waals surface area contributed by atoms with Crippen LogP contribution >= 0.6 is 0 Å². The fourth-order valence-electron chi connectivity index (χ4n) is 3.14. The number of benzene rings is 2. The van der Waals surface area contributed by atoms with Gasteiger partial charge < -0.3 is 4.74 Å². The van der Waals surface area contributed by atoms with Crippen LogP contribution in [0.25, 0.3) is 0 Å². The Morgan fingerprint density at radius 3 is 2.38 bits per heavy atom. The molecule has 2 aromatic rings. The summed E-state index contributed by atoms with van der Waals surface area (Å²) in [6.45, 7) is 3.68. The highest BCUT2D eigenvalue weighted by Gasteiger charge is 2.33. The molecule has 0 saturated heterocycles. The maximum absolute atomic E-state index is 13.2. The summed E-state index contributed by atoms with van der Waals surface area (Å²) in [4.78, 5) is 12.9. The van der Waals surface area contributed by atoms with E-state index in [9.17, 15) is 26.4 Å². The van der Waals surface area contributed by atoms with Gasteiger partial charge in [-0.1, -0.05) is 36.4 Å². The maximum Gasteiger partial charge on any atom is 0.416 e. The van der Waals surface area contributed by atoms with Crippen molar-refractivity contribution in [3.63, 3.8) is 0 Å². The number of allylic oxidation sites excluding steroid dienone is 2. The summed E-state index contributed by atoms with van der Waals surface area (Å²) in [7, 11) is -4.05. The van der Waals surface area contributed by atoms with Crippen molar-refractivity contribution in [1.82, 2.24) is 0 Å². The Kier molecular flexibility index (Phi) is 6.78. The van der Waals surface area contributed by atoms with Crippen LogP contribution in [0.5, 0.6) is 0 Å². The number of ether oxygens (including phenoxy) is 1. The molecule has 2 aromatic carbocycles. The van der Waals surface area contributed by atoms with Crippen LogP contribution in [0.4, 0.5) is 18.9 Å². The van der Waals surface area contributed by atoms with Gasteiger partial charge in [-0.3, -0.25) is 9.52 Å². The molecule has 1 N–H and O–H groups in total. The largest absolute Gasteiger partial charge is 0.491 e. The van der Waals surface area contributed by atoms with E-state index in [2.05, 4.69) is 4.72 Å². The van der Waals surface area contributed by atoms with E-state index in [1.807, 2.05) is 13.8 Å². The van der Waals surface area contributed by atoms with Gasteiger partial charge in [0.2, 0.25) is 10.0 Å². The molecule has 1 atom stereocenters. The van der Waals surface area contributed by atoms with Crippen molar-refractivity contribution < 1.29 is 31.1 Å². The first-order valence-electron chi connectivity index (χ1n) is 9.85. The molecular formula is C23H22F3NO4S. The zero-order valence-electron chi connectivity index (χ0n) is 17.4. The molecule has 0 fully saturated rings. The van der Waals surface area contributed by atoms with Crippen LogP contribution in [0.15, 0.2) is 72.5 Å². The number of sulfonamides is 1. The minimum Gasteiger partial charge on any atom is -0.491 e. The Morgan fingerprint density at radius 1 is 1.12 bits per heavy atom. The molecule has 0 heterocycles. The number of hydrogen-bond donors (Lipinski definition) is 1. The van der Waals surface area contributed by atoms with Crippen LogP contribution in [0, 0.1) is 0 Å². The highest BCUT2D eigenvalue weighted by atomic mass is 32.2. The highest BCUT2D eigenvalue weighted by Crippen LogP contribution is 2.33. The highest BCUT2D eigenvalue weighted by molar-refractivity contribution is 7.93. The van der Waals surface area contributed by atoms with E-state index >= 15 is 0 Å². The quantitative estimate of drug-likeness (QED) is 0.562. The van der Waals surface area contributed by atoms with E-state index in [-0.39, 0.29) is 29.3 Å². The number of nitrogens with one attached hydrogen (secondary N) is 1. The Labute approximate surface area is 184 Å². The van der Waals surface area contributed by atoms with Gasteiger partial charge in [-0.05, 0) is 50.6 Å². The third-order valence-electron chi connectivity index (χ3n) is 4.68. The van der Waals surface area contributed by atoms with E-state index in [4.69, 9.17) is 4.74 Å². The molecule has 32 heavy (non-hydrogen) atoms. The predicted octanol–water partition coefficient (Wildman–Crippen LogP) is 5.32. The number of halogens is 3. The molecule has 0 amide bonds. The zero-order chi connectivity index (χ0) is 23.5. The Bertz CT molecular complexity index is 1150. The van der Waals surface area contributed by atoms with Gasteiger partial charge in [-0.25, -0.2) is 8.42 Å². The first-order valence-corrected chi connectivity index (χ1v) is 11.4. The Morgan fingerprint density at radius 2 is 1.81 bits per heavy atom. The Balaban J connectivity index is 1.93. The number of carbonyl (C=O) groups is 1. The lowest BCUT2D eigenvalue weighted by Crippen LogP contribution is -2.28. The summed E-state index contributed by atoms with van der Waals surface area (Å²) in [5.74, 6) is -0.179. The summed E-state index contributed by atoms with van der Waals surface area (Å²) < 4.78 is 73.4. The van der Waals surface area contributed by atoms with Crippen molar-refractivity contribution in [2.45, 2.75) is 37.8 Å². The van der Waals surface area contributed by atoms with Crippen LogP contribution in [0.2, 0.25) is 0 Å².